The quantitative estimate of drug-likeness (QED) is 0.0515. The number of hydrogen-bond acceptors (Lipinski definition) is 4. The molecule has 0 aromatic carbocycles. The van der Waals surface area contributed by atoms with E-state index in [1.165, 1.54) is 161 Å². The van der Waals surface area contributed by atoms with Crippen LogP contribution < -0.4 is 5.32 Å². The SMILES string of the molecule is CCCCCCCCCCCCCCCCCCOC(=O)C[C@H](NC(=O)CCCCCCCCCCCCCCCCC)C(=O)O. The van der Waals surface area contributed by atoms with E-state index in [0.717, 1.165) is 38.5 Å². The smallest absolute Gasteiger partial charge is 0.326 e. The van der Waals surface area contributed by atoms with Crippen molar-refractivity contribution in [3.8, 4) is 0 Å². The van der Waals surface area contributed by atoms with Gasteiger partial charge < -0.3 is 15.2 Å². The molecule has 6 heteroatoms. The number of unbranched alkanes of at least 4 members (excludes halogenated alkanes) is 29. The molecule has 0 aliphatic heterocycles. The number of hydrogen-bond donors (Lipinski definition) is 2. The third-order valence-electron chi connectivity index (χ3n) is 9.27. The highest BCUT2D eigenvalue weighted by molar-refractivity contribution is 5.87. The largest absolute Gasteiger partial charge is 0.480 e. The van der Waals surface area contributed by atoms with Crippen molar-refractivity contribution in [2.75, 3.05) is 6.61 Å². The van der Waals surface area contributed by atoms with Gasteiger partial charge in [-0.3, -0.25) is 9.59 Å². The number of esters is 1. The Kier molecular flexibility index (Phi) is 35.0. The lowest BCUT2D eigenvalue weighted by Gasteiger charge is -2.14. The molecule has 0 aliphatic rings. The molecule has 0 heterocycles. The van der Waals surface area contributed by atoms with Crippen molar-refractivity contribution in [2.24, 2.45) is 0 Å². The van der Waals surface area contributed by atoms with Crippen LogP contribution in [0.1, 0.15) is 226 Å². The summed E-state index contributed by atoms with van der Waals surface area (Å²) in [6.07, 6.45) is 39.5. The number of amides is 1. The molecule has 6 nitrogen and oxygen atoms in total. The van der Waals surface area contributed by atoms with Crippen molar-refractivity contribution in [3.63, 3.8) is 0 Å². The maximum absolute atomic E-state index is 12.3. The van der Waals surface area contributed by atoms with Crippen molar-refractivity contribution in [2.45, 2.75) is 232 Å². The molecule has 0 aromatic heterocycles. The molecule has 1 atom stereocenters. The molecule has 46 heavy (non-hydrogen) atoms. The third kappa shape index (κ3) is 33.8. The Labute approximate surface area is 285 Å². The normalized spacial score (nSPS) is 11.9. The second-order valence-corrected chi connectivity index (χ2v) is 13.9. The molecule has 0 aliphatic carbocycles. The molecule has 0 rings (SSSR count). The predicted molar refractivity (Wildman–Crippen MR) is 194 cm³/mol. The van der Waals surface area contributed by atoms with Gasteiger partial charge in [-0.05, 0) is 12.8 Å². The van der Waals surface area contributed by atoms with Gasteiger partial charge in [0.25, 0.3) is 0 Å². The van der Waals surface area contributed by atoms with Crippen LogP contribution in [0.3, 0.4) is 0 Å². The van der Waals surface area contributed by atoms with E-state index < -0.39 is 18.0 Å². The summed E-state index contributed by atoms with van der Waals surface area (Å²) in [7, 11) is 0. The second kappa shape index (κ2) is 36.2. The molecule has 2 N–H and O–H groups in total. The summed E-state index contributed by atoms with van der Waals surface area (Å²) in [6.45, 7) is 4.85. The molecule has 0 fully saturated rings. The summed E-state index contributed by atoms with van der Waals surface area (Å²) in [4.78, 5) is 36.0. The highest BCUT2D eigenvalue weighted by Gasteiger charge is 2.23. The number of carbonyl (C=O) groups is 3. The van der Waals surface area contributed by atoms with Gasteiger partial charge >= 0.3 is 11.9 Å². The van der Waals surface area contributed by atoms with Gasteiger partial charge in [0.2, 0.25) is 5.91 Å². The van der Waals surface area contributed by atoms with Crippen LogP contribution in [0.15, 0.2) is 0 Å². The van der Waals surface area contributed by atoms with Crippen molar-refractivity contribution in [1.82, 2.24) is 5.32 Å². The summed E-state index contributed by atoms with van der Waals surface area (Å²) in [5.41, 5.74) is 0. The summed E-state index contributed by atoms with van der Waals surface area (Å²) in [5, 5.41) is 12.0. The average Bonchev–Trinajstić information content (AvgIpc) is 3.04. The van der Waals surface area contributed by atoms with E-state index in [0.29, 0.717) is 13.0 Å². The summed E-state index contributed by atoms with van der Waals surface area (Å²) < 4.78 is 5.26. The van der Waals surface area contributed by atoms with Crippen LogP contribution in [-0.2, 0) is 19.1 Å². The first-order valence-corrected chi connectivity index (χ1v) is 20.2. The fourth-order valence-corrected chi connectivity index (χ4v) is 6.19. The Balaban J connectivity index is 3.61. The maximum Gasteiger partial charge on any atom is 0.326 e. The summed E-state index contributed by atoms with van der Waals surface area (Å²) in [6, 6.07) is -1.22. The highest BCUT2D eigenvalue weighted by Crippen LogP contribution is 2.15. The molecule has 0 saturated heterocycles. The van der Waals surface area contributed by atoms with E-state index in [-0.39, 0.29) is 12.3 Å². The number of carbonyl (C=O) groups excluding carboxylic acids is 2. The van der Waals surface area contributed by atoms with Crippen LogP contribution in [0.4, 0.5) is 0 Å². The number of nitrogens with one attached hydrogen (secondary N) is 1. The van der Waals surface area contributed by atoms with Crippen molar-refractivity contribution >= 4 is 17.8 Å². The van der Waals surface area contributed by atoms with Crippen LogP contribution in [0.5, 0.6) is 0 Å². The van der Waals surface area contributed by atoms with Gasteiger partial charge in [0, 0.05) is 6.42 Å². The van der Waals surface area contributed by atoms with Crippen LogP contribution in [0.25, 0.3) is 0 Å². The maximum atomic E-state index is 12.3. The van der Waals surface area contributed by atoms with Crippen LogP contribution >= 0.6 is 0 Å². The molecule has 0 bridgehead atoms. The van der Waals surface area contributed by atoms with E-state index in [1.54, 1.807) is 0 Å². The fraction of sp³-hybridized carbons (Fsp3) is 0.925. The molecule has 272 valence electrons. The number of carboxylic acids is 1. The fourth-order valence-electron chi connectivity index (χ4n) is 6.19. The topological polar surface area (TPSA) is 92.7 Å². The van der Waals surface area contributed by atoms with Crippen LogP contribution in [-0.4, -0.2) is 35.6 Å². The average molecular weight is 652 g/mol. The first kappa shape index (κ1) is 44.4. The zero-order valence-electron chi connectivity index (χ0n) is 30.7. The minimum Gasteiger partial charge on any atom is -0.480 e. The lowest BCUT2D eigenvalue weighted by Crippen LogP contribution is -2.42. The van der Waals surface area contributed by atoms with Gasteiger partial charge in [-0.2, -0.15) is 0 Å². The van der Waals surface area contributed by atoms with Crippen LogP contribution in [0, 0.1) is 0 Å². The van der Waals surface area contributed by atoms with E-state index in [2.05, 4.69) is 19.2 Å². The van der Waals surface area contributed by atoms with Crippen molar-refractivity contribution in [3.05, 3.63) is 0 Å². The molecule has 0 spiro atoms. The molecule has 0 aromatic rings. The van der Waals surface area contributed by atoms with Gasteiger partial charge in [-0.1, -0.05) is 200 Å². The summed E-state index contributed by atoms with van der Waals surface area (Å²) in [5.74, 6) is -2.04. The molecule has 0 saturated carbocycles. The van der Waals surface area contributed by atoms with Crippen molar-refractivity contribution < 1.29 is 24.2 Å². The molecule has 0 unspecified atom stereocenters. The number of ether oxygens (including phenoxy) is 1. The van der Waals surface area contributed by atoms with Gasteiger partial charge in [0.15, 0.2) is 0 Å². The Morgan fingerprint density at radius 3 is 1.11 bits per heavy atom. The molecular formula is C40H77NO5. The lowest BCUT2D eigenvalue weighted by atomic mass is 10.0. The van der Waals surface area contributed by atoms with E-state index in [9.17, 15) is 19.5 Å². The predicted octanol–water partition coefficient (Wildman–Crippen LogP) is 12.0. The third-order valence-corrected chi connectivity index (χ3v) is 9.27. The monoisotopic (exact) mass is 652 g/mol. The first-order valence-electron chi connectivity index (χ1n) is 20.2. The Hall–Kier alpha value is -1.59. The van der Waals surface area contributed by atoms with Crippen molar-refractivity contribution in [1.29, 1.82) is 0 Å². The standard InChI is InChI=1S/C40H77NO5/c1-3-5-7-9-11-13-15-17-19-21-23-25-27-29-31-33-35-46-39(43)36-37(40(44)45)41-38(42)34-32-30-28-26-24-22-20-18-16-14-12-10-8-6-4-2/h37H,3-36H2,1-2H3,(H,41,42)(H,44,45)/t37-/m0/s1. The van der Waals surface area contributed by atoms with E-state index in [4.69, 9.17) is 4.74 Å². The minimum absolute atomic E-state index is 0.298. The highest BCUT2D eigenvalue weighted by atomic mass is 16.5. The van der Waals surface area contributed by atoms with Crippen LogP contribution in [0.2, 0.25) is 0 Å². The Morgan fingerprint density at radius 1 is 0.478 bits per heavy atom. The van der Waals surface area contributed by atoms with E-state index in [1.807, 2.05) is 0 Å². The molecular weight excluding hydrogens is 574 g/mol. The first-order chi connectivity index (χ1) is 22.5. The van der Waals surface area contributed by atoms with Gasteiger partial charge in [0.05, 0.1) is 13.0 Å². The zero-order valence-corrected chi connectivity index (χ0v) is 30.7. The molecule has 0 radical (unpaired) electrons. The Bertz CT molecular complexity index is 683. The van der Waals surface area contributed by atoms with Gasteiger partial charge in [0.1, 0.15) is 6.04 Å². The summed E-state index contributed by atoms with van der Waals surface area (Å²) >= 11 is 0. The van der Waals surface area contributed by atoms with Gasteiger partial charge in [-0.25, -0.2) is 4.79 Å². The number of rotatable bonds is 37. The molecule has 1 amide bonds. The van der Waals surface area contributed by atoms with Gasteiger partial charge in [-0.15, -0.1) is 0 Å². The van der Waals surface area contributed by atoms with E-state index >= 15 is 0 Å². The Morgan fingerprint density at radius 2 is 0.783 bits per heavy atom. The lowest BCUT2D eigenvalue weighted by molar-refractivity contribution is -0.150. The number of carboxylic acid groups (broad SMARTS) is 1. The number of aliphatic carboxylic acids is 1. The zero-order chi connectivity index (χ0) is 33.8. The minimum atomic E-state index is -1.22. The second-order valence-electron chi connectivity index (χ2n) is 13.9.